The molecule has 0 saturated carbocycles. The average Bonchev–Trinajstić information content (AvgIpc) is 2.88. The van der Waals surface area contributed by atoms with E-state index in [1.54, 1.807) is 31.2 Å². The standard InChI is InChI=1S/C14H12O4/c1-2-12(15)13-8-10(9-17-13)14(16)18-11-6-4-3-5-7-11/h3-9H,2H2,1H3. The number of esters is 1. The van der Waals surface area contributed by atoms with E-state index < -0.39 is 5.97 Å². The van der Waals surface area contributed by atoms with Crippen molar-refractivity contribution in [1.82, 2.24) is 0 Å². The van der Waals surface area contributed by atoms with Crippen molar-refractivity contribution in [3.05, 3.63) is 54.0 Å². The van der Waals surface area contributed by atoms with Gasteiger partial charge >= 0.3 is 5.97 Å². The summed E-state index contributed by atoms with van der Waals surface area (Å²) in [5.74, 6) is -0.0570. The summed E-state index contributed by atoms with van der Waals surface area (Å²) in [6.45, 7) is 1.73. The van der Waals surface area contributed by atoms with Crippen LogP contribution in [-0.2, 0) is 0 Å². The summed E-state index contributed by atoms with van der Waals surface area (Å²) in [5, 5.41) is 0. The summed E-state index contributed by atoms with van der Waals surface area (Å²) in [6, 6.07) is 10.1. The van der Waals surface area contributed by atoms with Gasteiger partial charge in [-0.2, -0.15) is 0 Å². The van der Waals surface area contributed by atoms with Gasteiger partial charge in [-0.25, -0.2) is 4.79 Å². The minimum absolute atomic E-state index is 0.145. The number of benzene rings is 1. The van der Waals surface area contributed by atoms with Crippen LogP contribution in [0.25, 0.3) is 0 Å². The number of carbonyl (C=O) groups excluding carboxylic acids is 2. The molecule has 2 aromatic rings. The van der Waals surface area contributed by atoms with Crippen LogP contribution in [-0.4, -0.2) is 11.8 Å². The van der Waals surface area contributed by atoms with Crippen LogP contribution >= 0.6 is 0 Å². The number of para-hydroxylation sites is 1. The molecule has 0 radical (unpaired) electrons. The van der Waals surface area contributed by atoms with Crippen LogP contribution < -0.4 is 4.74 Å². The van der Waals surface area contributed by atoms with Gasteiger partial charge in [0, 0.05) is 12.5 Å². The van der Waals surface area contributed by atoms with E-state index in [4.69, 9.17) is 9.15 Å². The Morgan fingerprint density at radius 2 is 1.94 bits per heavy atom. The second kappa shape index (κ2) is 5.31. The molecule has 0 bridgehead atoms. The highest BCUT2D eigenvalue weighted by Gasteiger charge is 2.15. The molecule has 0 N–H and O–H groups in total. The fourth-order valence-corrected chi connectivity index (χ4v) is 1.42. The average molecular weight is 244 g/mol. The molecule has 1 aromatic carbocycles. The minimum Gasteiger partial charge on any atom is -0.460 e. The van der Waals surface area contributed by atoms with Gasteiger partial charge in [0.1, 0.15) is 12.0 Å². The lowest BCUT2D eigenvalue weighted by atomic mass is 10.2. The molecule has 0 aliphatic carbocycles. The molecule has 92 valence electrons. The monoisotopic (exact) mass is 244 g/mol. The van der Waals surface area contributed by atoms with Crippen LogP contribution in [0.4, 0.5) is 0 Å². The molecule has 4 nitrogen and oxygen atoms in total. The van der Waals surface area contributed by atoms with E-state index in [1.165, 1.54) is 12.3 Å². The van der Waals surface area contributed by atoms with Crippen molar-refractivity contribution < 1.29 is 18.7 Å². The first-order valence-corrected chi connectivity index (χ1v) is 5.59. The van der Waals surface area contributed by atoms with Crippen molar-refractivity contribution in [1.29, 1.82) is 0 Å². The third-order valence-corrected chi connectivity index (χ3v) is 2.38. The number of furan rings is 1. The first kappa shape index (κ1) is 12.1. The van der Waals surface area contributed by atoms with Gasteiger partial charge in [-0.1, -0.05) is 25.1 Å². The Bertz CT molecular complexity index is 554. The lowest BCUT2D eigenvalue weighted by Gasteiger charge is -2.00. The zero-order valence-electron chi connectivity index (χ0n) is 9.88. The van der Waals surface area contributed by atoms with Crippen molar-refractivity contribution >= 4 is 11.8 Å². The molecule has 18 heavy (non-hydrogen) atoms. The number of hydrogen-bond acceptors (Lipinski definition) is 4. The molecule has 0 spiro atoms. The largest absolute Gasteiger partial charge is 0.460 e. The van der Waals surface area contributed by atoms with Gasteiger partial charge in [0.15, 0.2) is 11.5 Å². The van der Waals surface area contributed by atoms with Crippen LogP contribution in [0.2, 0.25) is 0 Å². The Labute approximate surface area is 104 Å². The van der Waals surface area contributed by atoms with E-state index in [0.717, 1.165) is 0 Å². The highest BCUT2D eigenvalue weighted by Crippen LogP contribution is 2.14. The summed E-state index contributed by atoms with van der Waals surface area (Å²) >= 11 is 0. The number of hydrogen-bond donors (Lipinski definition) is 0. The quantitative estimate of drug-likeness (QED) is 0.471. The van der Waals surface area contributed by atoms with Gasteiger partial charge in [0.2, 0.25) is 0 Å². The highest BCUT2D eigenvalue weighted by atomic mass is 16.5. The molecular formula is C14H12O4. The summed E-state index contributed by atoms with van der Waals surface area (Å²) in [6.07, 6.45) is 1.56. The topological polar surface area (TPSA) is 56.5 Å². The normalized spacial score (nSPS) is 10.1. The molecule has 4 heteroatoms. The molecule has 0 atom stereocenters. The van der Waals surface area contributed by atoms with E-state index >= 15 is 0 Å². The van der Waals surface area contributed by atoms with Gasteiger partial charge in [0.05, 0.1) is 5.56 Å². The van der Waals surface area contributed by atoms with Gasteiger partial charge in [-0.3, -0.25) is 4.79 Å². The molecule has 1 heterocycles. The predicted octanol–water partition coefficient (Wildman–Crippen LogP) is 3.09. The van der Waals surface area contributed by atoms with Crippen molar-refractivity contribution in [2.24, 2.45) is 0 Å². The number of rotatable bonds is 4. The van der Waals surface area contributed by atoms with Crippen LogP contribution in [0.5, 0.6) is 5.75 Å². The Morgan fingerprint density at radius 1 is 1.22 bits per heavy atom. The lowest BCUT2D eigenvalue weighted by molar-refractivity contribution is 0.0733. The summed E-state index contributed by atoms with van der Waals surface area (Å²) in [7, 11) is 0. The summed E-state index contributed by atoms with van der Waals surface area (Å²) < 4.78 is 10.1. The smallest absolute Gasteiger partial charge is 0.346 e. The first-order valence-electron chi connectivity index (χ1n) is 5.59. The van der Waals surface area contributed by atoms with Crippen molar-refractivity contribution in [3.8, 4) is 5.75 Å². The molecule has 0 aliphatic rings. The fraction of sp³-hybridized carbons (Fsp3) is 0.143. The van der Waals surface area contributed by atoms with Gasteiger partial charge in [-0.15, -0.1) is 0 Å². The van der Waals surface area contributed by atoms with Crippen LogP contribution in [0.1, 0.15) is 34.3 Å². The molecule has 2 rings (SSSR count). The second-order valence-electron chi connectivity index (χ2n) is 3.68. The highest BCUT2D eigenvalue weighted by molar-refractivity contribution is 5.97. The van der Waals surface area contributed by atoms with Crippen LogP contribution in [0.3, 0.4) is 0 Å². The van der Waals surface area contributed by atoms with Gasteiger partial charge in [0.25, 0.3) is 0 Å². The third kappa shape index (κ3) is 2.66. The number of ether oxygens (including phenoxy) is 1. The number of carbonyl (C=O) groups is 2. The van der Waals surface area contributed by atoms with Crippen molar-refractivity contribution in [2.45, 2.75) is 13.3 Å². The summed E-state index contributed by atoms with van der Waals surface area (Å²) in [5.41, 5.74) is 0.232. The summed E-state index contributed by atoms with van der Waals surface area (Å²) in [4.78, 5) is 23.1. The zero-order chi connectivity index (χ0) is 13.0. The fourth-order valence-electron chi connectivity index (χ4n) is 1.42. The third-order valence-electron chi connectivity index (χ3n) is 2.38. The zero-order valence-corrected chi connectivity index (χ0v) is 9.88. The van der Waals surface area contributed by atoms with E-state index in [9.17, 15) is 9.59 Å². The van der Waals surface area contributed by atoms with E-state index in [0.29, 0.717) is 12.2 Å². The lowest BCUT2D eigenvalue weighted by Crippen LogP contribution is -2.07. The molecule has 0 fully saturated rings. The van der Waals surface area contributed by atoms with Crippen LogP contribution in [0.15, 0.2) is 47.1 Å². The Hall–Kier alpha value is -2.36. The van der Waals surface area contributed by atoms with E-state index in [-0.39, 0.29) is 17.1 Å². The minimum atomic E-state index is -0.542. The van der Waals surface area contributed by atoms with E-state index in [1.807, 2.05) is 6.07 Å². The first-order chi connectivity index (χ1) is 8.70. The SMILES string of the molecule is CCC(=O)c1cc(C(=O)Oc2ccccc2)co1. The van der Waals surface area contributed by atoms with Crippen molar-refractivity contribution in [3.63, 3.8) is 0 Å². The van der Waals surface area contributed by atoms with Gasteiger partial charge in [-0.05, 0) is 12.1 Å². The Balaban J connectivity index is 2.10. The Kier molecular flexibility index (Phi) is 3.57. The van der Waals surface area contributed by atoms with Crippen molar-refractivity contribution in [2.75, 3.05) is 0 Å². The molecule has 0 amide bonds. The maximum absolute atomic E-state index is 11.7. The molecule has 0 saturated heterocycles. The maximum Gasteiger partial charge on any atom is 0.346 e. The van der Waals surface area contributed by atoms with Gasteiger partial charge < -0.3 is 9.15 Å². The molecule has 0 unspecified atom stereocenters. The van der Waals surface area contributed by atoms with Crippen LogP contribution in [0, 0.1) is 0 Å². The maximum atomic E-state index is 11.7. The molecular weight excluding hydrogens is 232 g/mol. The van der Waals surface area contributed by atoms with E-state index in [2.05, 4.69) is 0 Å². The Morgan fingerprint density at radius 3 is 2.61 bits per heavy atom. The predicted molar refractivity (Wildman–Crippen MR) is 64.7 cm³/mol. The molecule has 1 aromatic heterocycles. The molecule has 0 aliphatic heterocycles. The second-order valence-corrected chi connectivity index (χ2v) is 3.68. The number of ketones is 1. The number of Topliss-reactive ketones (excluding diaryl/α,β-unsaturated/α-hetero) is 1.